The van der Waals surface area contributed by atoms with Crippen LogP contribution in [0.2, 0.25) is 0 Å². The first-order valence-electron chi connectivity index (χ1n) is 14.2. The van der Waals surface area contributed by atoms with Gasteiger partial charge in [0.2, 0.25) is 11.8 Å². The van der Waals surface area contributed by atoms with E-state index >= 15 is 0 Å². The Hall–Kier alpha value is -4.02. The molecule has 2 aromatic rings. The third-order valence-corrected chi connectivity index (χ3v) is 11.5. The van der Waals surface area contributed by atoms with Crippen LogP contribution in [0, 0.1) is 0 Å². The van der Waals surface area contributed by atoms with E-state index in [1.807, 2.05) is 0 Å². The molecule has 244 valence electrons. The van der Waals surface area contributed by atoms with Crippen molar-refractivity contribution in [3.05, 3.63) is 93.2 Å². The van der Waals surface area contributed by atoms with Gasteiger partial charge in [-0.3, -0.25) is 33.8 Å². The Labute approximate surface area is 286 Å². The van der Waals surface area contributed by atoms with Gasteiger partial charge in [-0.2, -0.15) is 0 Å². The lowest BCUT2D eigenvalue weighted by atomic mass is 10.0. The number of nitrogens with one attached hydrogen (secondary N) is 3. The summed E-state index contributed by atoms with van der Waals surface area (Å²) in [6.45, 7) is 0. The molecule has 47 heavy (non-hydrogen) atoms. The van der Waals surface area contributed by atoms with Crippen LogP contribution in [0.3, 0.4) is 0 Å². The van der Waals surface area contributed by atoms with Crippen LogP contribution in [-0.4, -0.2) is 84.7 Å². The normalized spacial score (nSPS) is 24.7. The number of benzene rings is 2. The van der Waals surface area contributed by atoms with Crippen LogP contribution in [0.4, 0.5) is 0 Å². The lowest BCUT2D eigenvalue weighted by molar-refractivity contribution is -0.151. The second-order valence-corrected chi connectivity index (χ2v) is 13.9. The summed E-state index contributed by atoms with van der Waals surface area (Å²) in [6, 6.07) is 12.6. The molecule has 2 fully saturated rings. The SMILES string of the molecule is N[C@@H](C(=O)N[C@H]1C(=O)N2C(C(=O)N[C@@H](C(=O)N[C@H]3C(=O)N4C(C(=O)O)=C(Cl)CS[C@H]34)c3ccccc3)=C(Cl)CS[C@H]12)c1ccccc1. The Morgan fingerprint density at radius 1 is 0.766 bits per heavy atom. The molecule has 4 heterocycles. The van der Waals surface area contributed by atoms with Crippen LogP contribution < -0.4 is 21.7 Å². The Morgan fingerprint density at radius 2 is 1.23 bits per heavy atom. The Bertz CT molecular complexity index is 1740. The van der Waals surface area contributed by atoms with E-state index in [0.717, 1.165) is 4.90 Å². The standard InChI is InChI=1S/C30H26Cl2N6O7S2/c31-15-11-46-28-19(35-23(39)17(33)13-7-3-1-4-8-13)26(42)37(28)21(15)25(41)34-18(14-9-5-2-6-10-14)24(40)36-20-27(43)38-22(30(44)45)16(32)12-47-29(20)38/h1-10,17-20,28-29H,11-12,33H2,(H,34,41)(H,35,39)(H,36,40)(H,44,45)/t17-,18-,19+,20+,28-,29-/m1/s1. The van der Waals surface area contributed by atoms with E-state index < -0.39 is 70.4 Å². The molecule has 0 radical (unpaired) electrons. The van der Waals surface area contributed by atoms with Gasteiger partial charge < -0.3 is 26.8 Å². The number of amides is 5. The van der Waals surface area contributed by atoms with Gasteiger partial charge in [-0.25, -0.2) is 4.79 Å². The molecule has 0 aliphatic carbocycles. The number of carboxylic acids is 1. The van der Waals surface area contributed by atoms with Gasteiger partial charge in [0, 0.05) is 11.5 Å². The fourth-order valence-corrected chi connectivity index (χ4v) is 8.72. The highest BCUT2D eigenvalue weighted by molar-refractivity contribution is 8.00. The molecule has 0 aromatic heterocycles. The number of hydrogen-bond acceptors (Lipinski definition) is 9. The Balaban J connectivity index is 1.17. The lowest BCUT2D eigenvalue weighted by Crippen LogP contribution is -2.71. The monoisotopic (exact) mass is 716 g/mol. The fraction of sp³-hybridized carbons (Fsp3) is 0.267. The van der Waals surface area contributed by atoms with Gasteiger partial charge >= 0.3 is 5.97 Å². The van der Waals surface area contributed by atoms with Crippen molar-refractivity contribution in [1.82, 2.24) is 25.8 Å². The van der Waals surface area contributed by atoms with Crippen LogP contribution in [0.15, 0.2) is 82.1 Å². The lowest BCUT2D eigenvalue weighted by Gasteiger charge is -2.49. The first kappa shape index (κ1) is 32.9. The molecule has 0 saturated carbocycles. The number of β-lactam (4-membered cyclic amide) rings is 2. The number of thioether (sulfide) groups is 2. The molecule has 2 aromatic carbocycles. The Morgan fingerprint density at radius 3 is 1.77 bits per heavy atom. The quantitative estimate of drug-likeness (QED) is 0.237. The van der Waals surface area contributed by atoms with Gasteiger partial charge in [0.25, 0.3) is 17.7 Å². The molecule has 6 atom stereocenters. The second-order valence-electron chi connectivity index (χ2n) is 10.8. The summed E-state index contributed by atoms with van der Waals surface area (Å²) in [4.78, 5) is 80.5. The van der Waals surface area contributed by atoms with Crippen molar-refractivity contribution in [2.24, 2.45) is 5.73 Å². The summed E-state index contributed by atoms with van der Waals surface area (Å²) in [5, 5.41) is 16.2. The number of nitrogens with two attached hydrogens (primary N) is 1. The van der Waals surface area contributed by atoms with E-state index in [4.69, 9.17) is 28.9 Å². The van der Waals surface area contributed by atoms with Gasteiger partial charge in [-0.1, -0.05) is 83.9 Å². The number of aliphatic carboxylic acids is 1. The average Bonchev–Trinajstić information content (AvgIpc) is 3.08. The smallest absolute Gasteiger partial charge is 0.353 e. The van der Waals surface area contributed by atoms with Gasteiger partial charge in [0.1, 0.15) is 46.3 Å². The van der Waals surface area contributed by atoms with E-state index in [0.29, 0.717) is 11.1 Å². The minimum absolute atomic E-state index is 0.0155. The summed E-state index contributed by atoms with van der Waals surface area (Å²) in [5.41, 5.74) is 6.55. The number of halogens is 2. The summed E-state index contributed by atoms with van der Waals surface area (Å²) in [7, 11) is 0. The first-order chi connectivity index (χ1) is 22.5. The molecule has 4 aliphatic heterocycles. The van der Waals surface area contributed by atoms with E-state index in [1.165, 1.54) is 28.4 Å². The largest absolute Gasteiger partial charge is 0.477 e. The van der Waals surface area contributed by atoms with E-state index in [9.17, 15) is 33.9 Å². The van der Waals surface area contributed by atoms with Gasteiger partial charge in [0.05, 0.1) is 10.1 Å². The van der Waals surface area contributed by atoms with Crippen LogP contribution in [-0.2, 0) is 28.8 Å². The predicted octanol–water partition coefficient (Wildman–Crippen LogP) is 1.33. The minimum atomic E-state index is -1.36. The molecule has 2 saturated heterocycles. The average molecular weight is 718 g/mol. The molecular weight excluding hydrogens is 691 g/mol. The van der Waals surface area contributed by atoms with Gasteiger partial charge in [0.15, 0.2) is 0 Å². The molecular formula is C30H26Cl2N6O7S2. The molecule has 0 spiro atoms. The van der Waals surface area contributed by atoms with Crippen molar-refractivity contribution in [1.29, 1.82) is 0 Å². The maximum atomic E-state index is 13.8. The molecule has 13 nitrogen and oxygen atoms in total. The molecule has 0 unspecified atom stereocenters. The molecule has 4 aliphatic rings. The van der Waals surface area contributed by atoms with Crippen molar-refractivity contribution in [2.45, 2.75) is 34.9 Å². The third-order valence-electron chi connectivity index (χ3n) is 7.97. The van der Waals surface area contributed by atoms with Gasteiger partial charge in [-0.05, 0) is 11.1 Å². The molecule has 0 bridgehead atoms. The summed E-state index contributed by atoms with van der Waals surface area (Å²) >= 11 is 15.0. The number of carbonyl (C=O) groups is 6. The van der Waals surface area contributed by atoms with Crippen molar-refractivity contribution in [3.8, 4) is 0 Å². The number of hydrogen-bond donors (Lipinski definition) is 5. The van der Waals surface area contributed by atoms with Crippen molar-refractivity contribution in [2.75, 3.05) is 11.5 Å². The summed E-state index contributed by atoms with van der Waals surface area (Å²) in [5.74, 6) is -4.42. The molecule has 6 rings (SSSR count). The third kappa shape index (κ3) is 5.97. The number of carboxylic acid groups (broad SMARTS) is 1. The van der Waals surface area contributed by atoms with Gasteiger partial charge in [-0.15, -0.1) is 23.5 Å². The molecule has 17 heteroatoms. The highest BCUT2D eigenvalue weighted by atomic mass is 35.5. The maximum Gasteiger partial charge on any atom is 0.353 e. The van der Waals surface area contributed by atoms with E-state index in [-0.39, 0.29) is 33.0 Å². The van der Waals surface area contributed by atoms with Crippen LogP contribution >= 0.6 is 46.7 Å². The van der Waals surface area contributed by atoms with Crippen LogP contribution in [0.1, 0.15) is 23.2 Å². The van der Waals surface area contributed by atoms with Crippen LogP contribution in [0.5, 0.6) is 0 Å². The Kier molecular flexibility index (Phi) is 9.27. The minimum Gasteiger partial charge on any atom is -0.477 e. The predicted molar refractivity (Wildman–Crippen MR) is 174 cm³/mol. The summed E-state index contributed by atoms with van der Waals surface area (Å²) < 4.78 is 0. The second kappa shape index (κ2) is 13.2. The zero-order valence-corrected chi connectivity index (χ0v) is 27.2. The highest BCUT2D eigenvalue weighted by Gasteiger charge is 2.56. The number of rotatable bonds is 9. The maximum absolute atomic E-state index is 13.8. The zero-order chi connectivity index (χ0) is 33.6. The number of carbonyl (C=O) groups excluding carboxylic acids is 5. The molecule has 5 amide bonds. The van der Waals surface area contributed by atoms with E-state index in [1.54, 1.807) is 60.7 Å². The first-order valence-corrected chi connectivity index (χ1v) is 17.0. The number of fused-ring (bicyclic) bond motifs is 2. The highest BCUT2D eigenvalue weighted by Crippen LogP contribution is 2.43. The summed E-state index contributed by atoms with van der Waals surface area (Å²) in [6.07, 6.45) is 0. The van der Waals surface area contributed by atoms with Crippen molar-refractivity contribution >= 4 is 82.2 Å². The zero-order valence-electron chi connectivity index (χ0n) is 24.1. The van der Waals surface area contributed by atoms with E-state index in [2.05, 4.69) is 16.0 Å². The topological polar surface area (TPSA) is 191 Å². The fourth-order valence-electron chi connectivity index (χ4n) is 5.61. The van der Waals surface area contributed by atoms with Crippen LogP contribution in [0.25, 0.3) is 0 Å². The molecule has 6 N–H and O–H groups in total. The number of nitrogens with zero attached hydrogens (tertiary/aromatic N) is 2. The van der Waals surface area contributed by atoms with Crippen molar-refractivity contribution in [3.63, 3.8) is 0 Å². The van der Waals surface area contributed by atoms with Crippen molar-refractivity contribution < 1.29 is 33.9 Å².